The number of amides is 1. The number of hydrogen-bond donors (Lipinski definition) is 2. The van der Waals surface area contributed by atoms with Crippen molar-refractivity contribution >= 4 is 29.0 Å². The van der Waals surface area contributed by atoms with Gasteiger partial charge in [0.15, 0.2) is 5.82 Å². The highest BCUT2D eigenvalue weighted by molar-refractivity contribution is 6.34. The smallest absolute Gasteiger partial charge is 0.362 e. The van der Waals surface area contributed by atoms with Crippen molar-refractivity contribution in [2.24, 2.45) is 0 Å². The molecule has 0 saturated carbocycles. The van der Waals surface area contributed by atoms with E-state index in [9.17, 15) is 22.4 Å². The van der Waals surface area contributed by atoms with Gasteiger partial charge < -0.3 is 10.6 Å². The molecule has 3 rings (SSSR count). The van der Waals surface area contributed by atoms with Gasteiger partial charge in [-0.2, -0.15) is 18.4 Å². The van der Waals surface area contributed by atoms with Gasteiger partial charge in [-0.05, 0) is 35.7 Å². The van der Waals surface area contributed by atoms with E-state index in [1.807, 2.05) is 6.07 Å². The topological polar surface area (TPSA) is 77.8 Å². The molecule has 2 N–H and O–H groups in total. The first kappa shape index (κ1) is 25.0. The standard InChI is InChI=1S/C24H19ClF4N4O/c1-14(32-23-22(18(25)11-13-31-23)33-20(34)6-3-12-30)15-7-9-16(10-8-15)17-4-2-5-19(26)21(17)24(27,28)29/h2,4-5,7-11,13-14H,3,6H2,1H3,(H,31,32)(H,33,34). The molecule has 34 heavy (non-hydrogen) atoms. The van der Waals surface area contributed by atoms with E-state index in [4.69, 9.17) is 16.9 Å². The van der Waals surface area contributed by atoms with Crippen LogP contribution >= 0.6 is 11.6 Å². The highest BCUT2D eigenvalue weighted by Crippen LogP contribution is 2.39. The number of benzene rings is 2. The number of nitrogens with one attached hydrogen (secondary N) is 2. The number of nitriles is 1. The van der Waals surface area contributed by atoms with E-state index >= 15 is 0 Å². The van der Waals surface area contributed by atoms with E-state index in [0.717, 1.165) is 6.07 Å². The van der Waals surface area contributed by atoms with Crippen molar-refractivity contribution in [2.75, 3.05) is 10.6 Å². The second-order valence-corrected chi connectivity index (χ2v) is 7.78. The molecular formula is C24H19ClF4N4O. The van der Waals surface area contributed by atoms with Crippen molar-refractivity contribution in [3.63, 3.8) is 0 Å². The lowest BCUT2D eigenvalue weighted by Crippen LogP contribution is -2.15. The Morgan fingerprint density at radius 1 is 1.18 bits per heavy atom. The quantitative estimate of drug-likeness (QED) is 0.350. The molecule has 176 valence electrons. The molecule has 1 amide bonds. The van der Waals surface area contributed by atoms with Crippen molar-refractivity contribution in [3.8, 4) is 17.2 Å². The van der Waals surface area contributed by atoms with Crippen LogP contribution < -0.4 is 10.6 Å². The predicted molar refractivity (Wildman–Crippen MR) is 122 cm³/mol. The summed E-state index contributed by atoms with van der Waals surface area (Å²) in [6.45, 7) is 1.79. The number of hydrogen-bond acceptors (Lipinski definition) is 4. The maximum Gasteiger partial charge on any atom is 0.419 e. The van der Waals surface area contributed by atoms with Crippen LogP contribution in [0.4, 0.5) is 29.1 Å². The summed E-state index contributed by atoms with van der Waals surface area (Å²) in [5, 5.41) is 14.6. The van der Waals surface area contributed by atoms with Gasteiger partial charge in [0.2, 0.25) is 5.91 Å². The fraction of sp³-hybridized carbons (Fsp3) is 0.208. The third-order valence-corrected chi connectivity index (χ3v) is 5.32. The highest BCUT2D eigenvalue weighted by Gasteiger charge is 2.37. The van der Waals surface area contributed by atoms with Crippen LogP contribution in [-0.4, -0.2) is 10.9 Å². The molecule has 1 aromatic heterocycles. The molecule has 0 bridgehead atoms. The fourth-order valence-electron chi connectivity index (χ4n) is 3.33. The molecule has 0 aliphatic heterocycles. The Bertz CT molecular complexity index is 1220. The zero-order valence-corrected chi connectivity index (χ0v) is 18.6. The fourth-order valence-corrected chi connectivity index (χ4v) is 3.52. The molecule has 0 saturated heterocycles. The molecule has 3 aromatic rings. The Morgan fingerprint density at radius 2 is 1.88 bits per heavy atom. The second kappa shape index (κ2) is 10.5. The van der Waals surface area contributed by atoms with E-state index in [1.165, 1.54) is 36.5 Å². The molecule has 2 aromatic carbocycles. The number of alkyl halides is 3. The number of halogens is 5. The number of carbonyl (C=O) groups is 1. The van der Waals surface area contributed by atoms with Crippen LogP contribution in [0.1, 0.15) is 36.9 Å². The summed E-state index contributed by atoms with van der Waals surface area (Å²) in [5.74, 6) is -1.44. The maximum absolute atomic E-state index is 13.9. The van der Waals surface area contributed by atoms with Crippen molar-refractivity contribution in [1.82, 2.24) is 4.98 Å². The Labute approximate surface area is 198 Å². The summed E-state index contributed by atoms with van der Waals surface area (Å²) >= 11 is 6.21. The van der Waals surface area contributed by atoms with Gasteiger partial charge >= 0.3 is 6.18 Å². The van der Waals surface area contributed by atoms with Crippen molar-refractivity contribution in [1.29, 1.82) is 5.26 Å². The average molecular weight is 491 g/mol. The maximum atomic E-state index is 13.9. The van der Waals surface area contributed by atoms with Gasteiger partial charge in [-0.25, -0.2) is 9.37 Å². The van der Waals surface area contributed by atoms with Gasteiger partial charge in [0.25, 0.3) is 0 Å². The Hall–Kier alpha value is -3.64. The zero-order valence-electron chi connectivity index (χ0n) is 17.9. The van der Waals surface area contributed by atoms with Crippen molar-refractivity contribution in [2.45, 2.75) is 32.0 Å². The third kappa shape index (κ3) is 5.83. The van der Waals surface area contributed by atoms with Crippen LogP contribution in [0.25, 0.3) is 11.1 Å². The number of nitrogens with zero attached hydrogens (tertiary/aromatic N) is 2. The monoisotopic (exact) mass is 490 g/mol. The zero-order chi connectivity index (χ0) is 24.9. The Balaban J connectivity index is 1.83. The Morgan fingerprint density at radius 3 is 2.53 bits per heavy atom. The van der Waals surface area contributed by atoms with E-state index in [2.05, 4.69) is 15.6 Å². The minimum absolute atomic E-state index is 0.00181. The lowest BCUT2D eigenvalue weighted by atomic mass is 9.96. The summed E-state index contributed by atoms with van der Waals surface area (Å²) in [4.78, 5) is 16.3. The minimum atomic E-state index is -4.83. The van der Waals surface area contributed by atoms with E-state index in [1.54, 1.807) is 19.1 Å². The summed E-state index contributed by atoms with van der Waals surface area (Å²) in [5.41, 5.74) is -0.385. The van der Waals surface area contributed by atoms with Gasteiger partial charge in [0.05, 0.1) is 22.7 Å². The number of pyridine rings is 1. The van der Waals surface area contributed by atoms with Crippen LogP contribution in [0.15, 0.2) is 54.7 Å². The predicted octanol–water partition coefficient (Wildman–Crippen LogP) is 6.98. The van der Waals surface area contributed by atoms with Gasteiger partial charge in [0.1, 0.15) is 11.5 Å². The lowest BCUT2D eigenvalue weighted by Gasteiger charge is -2.19. The summed E-state index contributed by atoms with van der Waals surface area (Å²) in [6, 6.07) is 12.5. The summed E-state index contributed by atoms with van der Waals surface area (Å²) in [6.07, 6.45) is -3.33. The minimum Gasteiger partial charge on any atom is -0.362 e. The number of carbonyl (C=O) groups excluding carboxylic acids is 1. The molecule has 0 aliphatic rings. The summed E-state index contributed by atoms with van der Waals surface area (Å²) in [7, 11) is 0. The molecule has 1 atom stereocenters. The number of rotatable bonds is 7. The molecule has 0 radical (unpaired) electrons. The van der Waals surface area contributed by atoms with E-state index < -0.39 is 23.5 Å². The number of aromatic nitrogens is 1. The molecule has 0 fully saturated rings. The van der Waals surface area contributed by atoms with Crippen LogP contribution in [0.5, 0.6) is 0 Å². The molecule has 1 heterocycles. The van der Waals surface area contributed by atoms with E-state index in [-0.39, 0.29) is 40.7 Å². The molecule has 5 nitrogen and oxygen atoms in total. The molecule has 1 unspecified atom stereocenters. The van der Waals surface area contributed by atoms with Crippen LogP contribution in [0.3, 0.4) is 0 Å². The SMILES string of the molecule is CC(Nc1nccc(Cl)c1NC(=O)CCC#N)c1ccc(-c2cccc(F)c2C(F)(F)F)cc1. The molecule has 0 spiro atoms. The first-order valence-electron chi connectivity index (χ1n) is 10.2. The van der Waals surface area contributed by atoms with Crippen LogP contribution in [-0.2, 0) is 11.0 Å². The number of anilines is 2. The normalized spacial score (nSPS) is 12.0. The molecular weight excluding hydrogens is 472 g/mol. The van der Waals surface area contributed by atoms with Crippen molar-refractivity contribution in [3.05, 3.63) is 76.7 Å². The van der Waals surface area contributed by atoms with E-state index in [0.29, 0.717) is 11.4 Å². The molecule has 0 aliphatic carbocycles. The molecule has 10 heteroatoms. The average Bonchev–Trinajstić information content (AvgIpc) is 2.79. The highest BCUT2D eigenvalue weighted by atomic mass is 35.5. The largest absolute Gasteiger partial charge is 0.419 e. The van der Waals surface area contributed by atoms with Crippen LogP contribution in [0.2, 0.25) is 5.02 Å². The van der Waals surface area contributed by atoms with Gasteiger partial charge in [-0.15, -0.1) is 0 Å². The first-order valence-corrected chi connectivity index (χ1v) is 10.5. The van der Waals surface area contributed by atoms with Gasteiger partial charge in [-0.1, -0.05) is 48.0 Å². The van der Waals surface area contributed by atoms with Gasteiger partial charge in [0, 0.05) is 19.0 Å². The van der Waals surface area contributed by atoms with Gasteiger partial charge in [-0.3, -0.25) is 4.79 Å². The lowest BCUT2D eigenvalue weighted by molar-refractivity contribution is -0.139. The third-order valence-electron chi connectivity index (χ3n) is 5.00. The van der Waals surface area contributed by atoms with Crippen molar-refractivity contribution < 1.29 is 22.4 Å². The Kier molecular flexibility index (Phi) is 7.74. The second-order valence-electron chi connectivity index (χ2n) is 7.37. The van der Waals surface area contributed by atoms with Crippen LogP contribution in [0, 0.1) is 17.1 Å². The summed E-state index contributed by atoms with van der Waals surface area (Å²) < 4.78 is 54.0. The first-order chi connectivity index (χ1) is 16.1.